The van der Waals surface area contributed by atoms with E-state index in [0.29, 0.717) is 6.42 Å². The maximum Gasteiger partial charge on any atom is 0.324 e. The SMILES string of the molecule is CCCCCC(CC)OC(=O)C(CC(C)C)(C(=O)O)C(C)C. The first kappa shape index (κ1) is 20.9. The van der Waals surface area contributed by atoms with Crippen molar-refractivity contribution < 1.29 is 19.4 Å². The van der Waals surface area contributed by atoms with E-state index in [0.717, 1.165) is 32.1 Å². The lowest BCUT2D eigenvalue weighted by Crippen LogP contribution is -2.47. The molecule has 2 atom stereocenters. The molecule has 0 aromatic carbocycles. The van der Waals surface area contributed by atoms with Gasteiger partial charge in [-0.05, 0) is 37.5 Å². The van der Waals surface area contributed by atoms with Crippen LogP contribution in [0.1, 0.15) is 80.1 Å². The Labute approximate surface area is 135 Å². The summed E-state index contributed by atoms with van der Waals surface area (Å²) in [5.74, 6) is -1.81. The monoisotopic (exact) mass is 314 g/mol. The largest absolute Gasteiger partial charge is 0.480 e. The minimum atomic E-state index is -1.44. The van der Waals surface area contributed by atoms with Gasteiger partial charge < -0.3 is 9.84 Å². The lowest BCUT2D eigenvalue weighted by Gasteiger charge is -2.34. The third kappa shape index (κ3) is 5.62. The Bertz CT molecular complexity index is 349. The van der Waals surface area contributed by atoms with Crippen LogP contribution >= 0.6 is 0 Å². The van der Waals surface area contributed by atoms with Crippen LogP contribution in [0.3, 0.4) is 0 Å². The molecule has 0 saturated heterocycles. The van der Waals surface area contributed by atoms with Crippen LogP contribution in [0.2, 0.25) is 0 Å². The van der Waals surface area contributed by atoms with Crippen molar-refractivity contribution in [2.24, 2.45) is 17.3 Å². The van der Waals surface area contributed by atoms with Crippen LogP contribution in [0.5, 0.6) is 0 Å². The number of rotatable bonds is 11. The fourth-order valence-corrected chi connectivity index (χ4v) is 2.85. The van der Waals surface area contributed by atoms with Gasteiger partial charge in [-0.1, -0.05) is 54.4 Å². The van der Waals surface area contributed by atoms with E-state index >= 15 is 0 Å². The molecule has 0 aromatic rings. The predicted molar refractivity (Wildman–Crippen MR) is 88.7 cm³/mol. The highest BCUT2D eigenvalue weighted by molar-refractivity contribution is 5.99. The predicted octanol–water partition coefficient (Wildman–Crippen LogP) is 4.66. The molecule has 0 saturated carbocycles. The van der Waals surface area contributed by atoms with Gasteiger partial charge in [-0.25, -0.2) is 0 Å². The molecule has 0 rings (SSSR count). The van der Waals surface area contributed by atoms with Crippen LogP contribution in [-0.2, 0) is 14.3 Å². The molecule has 0 heterocycles. The third-order valence-electron chi connectivity index (χ3n) is 4.32. The first-order valence-electron chi connectivity index (χ1n) is 8.66. The molecule has 2 unspecified atom stereocenters. The third-order valence-corrected chi connectivity index (χ3v) is 4.32. The molecule has 130 valence electrons. The molecular formula is C18H34O4. The van der Waals surface area contributed by atoms with Crippen LogP contribution in [0, 0.1) is 17.3 Å². The van der Waals surface area contributed by atoms with Gasteiger partial charge in [-0.3, -0.25) is 9.59 Å². The molecule has 0 amide bonds. The summed E-state index contributed by atoms with van der Waals surface area (Å²) in [6, 6.07) is 0. The zero-order chi connectivity index (χ0) is 17.3. The van der Waals surface area contributed by atoms with Crippen LogP contribution in [0.15, 0.2) is 0 Å². The number of hydrogen-bond acceptors (Lipinski definition) is 3. The quantitative estimate of drug-likeness (QED) is 0.342. The number of esters is 1. The second kappa shape index (κ2) is 9.86. The molecule has 0 aliphatic carbocycles. The molecule has 0 aromatic heterocycles. The van der Waals surface area contributed by atoms with E-state index in [4.69, 9.17) is 4.74 Å². The van der Waals surface area contributed by atoms with Gasteiger partial charge in [0.2, 0.25) is 0 Å². The standard InChI is InChI=1S/C18H34O4/c1-7-9-10-11-15(8-2)22-17(21)18(14(5)6,16(19)20)12-13(3)4/h13-15H,7-12H2,1-6H3,(H,19,20). The maximum atomic E-state index is 12.7. The number of ether oxygens (including phenoxy) is 1. The zero-order valence-electron chi connectivity index (χ0n) is 15.1. The number of carboxylic acids is 1. The zero-order valence-corrected chi connectivity index (χ0v) is 15.1. The van der Waals surface area contributed by atoms with Crippen molar-refractivity contribution in [1.82, 2.24) is 0 Å². The van der Waals surface area contributed by atoms with Crippen molar-refractivity contribution >= 4 is 11.9 Å². The molecule has 0 fully saturated rings. The number of carbonyl (C=O) groups excluding carboxylic acids is 1. The summed E-state index contributed by atoms with van der Waals surface area (Å²) in [7, 11) is 0. The normalized spacial score (nSPS) is 15.6. The molecule has 0 aliphatic heterocycles. The second-order valence-electron chi connectivity index (χ2n) is 6.96. The molecule has 0 spiro atoms. The van der Waals surface area contributed by atoms with Gasteiger partial charge in [0.1, 0.15) is 6.10 Å². The van der Waals surface area contributed by atoms with E-state index in [-0.39, 0.29) is 17.9 Å². The van der Waals surface area contributed by atoms with Gasteiger partial charge >= 0.3 is 11.9 Å². The number of carboxylic acid groups (broad SMARTS) is 1. The van der Waals surface area contributed by atoms with Gasteiger partial charge in [0, 0.05) is 0 Å². The first-order valence-corrected chi connectivity index (χ1v) is 8.66. The maximum absolute atomic E-state index is 12.7. The smallest absolute Gasteiger partial charge is 0.324 e. The van der Waals surface area contributed by atoms with E-state index in [2.05, 4.69) is 6.92 Å². The molecule has 4 nitrogen and oxygen atoms in total. The summed E-state index contributed by atoms with van der Waals surface area (Å²) in [5.41, 5.74) is -1.44. The lowest BCUT2D eigenvalue weighted by atomic mass is 9.71. The Morgan fingerprint density at radius 1 is 1.09 bits per heavy atom. The average Bonchev–Trinajstić information content (AvgIpc) is 2.42. The number of unbranched alkanes of at least 4 members (excludes halogenated alkanes) is 2. The van der Waals surface area contributed by atoms with E-state index < -0.39 is 17.4 Å². The topological polar surface area (TPSA) is 63.6 Å². The van der Waals surface area contributed by atoms with Crippen molar-refractivity contribution in [3.8, 4) is 0 Å². The fraction of sp³-hybridized carbons (Fsp3) is 0.889. The van der Waals surface area contributed by atoms with E-state index in [9.17, 15) is 14.7 Å². The molecule has 22 heavy (non-hydrogen) atoms. The number of aliphatic carboxylic acids is 1. The number of hydrogen-bond donors (Lipinski definition) is 1. The first-order chi connectivity index (χ1) is 10.2. The summed E-state index contributed by atoms with van der Waals surface area (Å²) in [6.45, 7) is 11.6. The van der Waals surface area contributed by atoms with Crippen molar-refractivity contribution in [2.75, 3.05) is 0 Å². The minimum Gasteiger partial charge on any atom is -0.480 e. The van der Waals surface area contributed by atoms with Gasteiger partial charge in [0.25, 0.3) is 0 Å². The Morgan fingerprint density at radius 3 is 2.05 bits per heavy atom. The van der Waals surface area contributed by atoms with Crippen LogP contribution in [0.25, 0.3) is 0 Å². The Kier molecular flexibility index (Phi) is 9.38. The Balaban J connectivity index is 5.13. The highest BCUT2D eigenvalue weighted by atomic mass is 16.5. The van der Waals surface area contributed by atoms with Gasteiger partial charge in [-0.2, -0.15) is 0 Å². The summed E-state index contributed by atoms with van der Waals surface area (Å²) in [6.07, 6.45) is 4.90. The van der Waals surface area contributed by atoms with Crippen molar-refractivity contribution in [3.05, 3.63) is 0 Å². The molecular weight excluding hydrogens is 280 g/mol. The second-order valence-corrected chi connectivity index (χ2v) is 6.96. The number of carbonyl (C=O) groups is 2. The highest BCUT2D eigenvalue weighted by Gasteiger charge is 2.51. The summed E-state index contributed by atoms with van der Waals surface area (Å²) >= 11 is 0. The van der Waals surface area contributed by atoms with Gasteiger partial charge in [0.15, 0.2) is 5.41 Å². The van der Waals surface area contributed by atoms with E-state index in [1.54, 1.807) is 13.8 Å². The van der Waals surface area contributed by atoms with Crippen molar-refractivity contribution in [1.29, 1.82) is 0 Å². The Morgan fingerprint density at radius 2 is 1.68 bits per heavy atom. The lowest BCUT2D eigenvalue weighted by molar-refractivity contribution is -0.178. The van der Waals surface area contributed by atoms with Crippen molar-refractivity contribution in [2.45, 2.75) is 86.2 Å². The fourth-order valence-electron chi connectivity index (χ4n) is 2.85. The van der Waals surface area contributed by atoms with Crippen LogP contribution in [0.4, 0.5) is 0 Å². The Hall–Kier alpha value is -1.06. The molecule has 4 heteroatoms. The van der Waals surface area contributed by atoms with Crippen molar-refractivity contribution in [3.63, 3.8) is 0 Å². The molecule has 0 radical (unpaired) electrons. The van der Waals surface area contributed by atoms with Gasteiger partial charge in [0.05, 0.1) is 0 Å². The molecule has 0 bridgehead atoms. The average molecular weight is 314 g/mol. The minimum absolute atomic E-state index is 0.117. The highest BCUT2D eigenvalue weighted by Crippen LogP contribution is 2.37. The van der Waals surface area contributed by atoms with Gasteiger partial charge in [-0.15, -0.1) is 0 Å². The molecule has 1 N–H and O–H groups in total. The summed E-state index contributed by atoms with van der Waals surface area (Å²) in [4.78, 5) is 24.6. The van der Waals surface area contributed by atoms with Crippen LogP contribution in [-0.4, -0.2) is 23.1 Å². The van der Waals surface area contributed by atoms with E-state index in [1.165, 1.54) is 0 Å². The van der Waals surface area contributed by atoms with E-state index in [1.807, 2.05) is 20.8 Å². The summed E-state index contributed by atoms with van der Waals surface area (Å²) < 4.78 is 5.62. The summed E-state index contributed by atoms with van der Waals surface area (Å²) in [5, 5.41) is 9.71. The molecule has 0 aliphatic rings. The van der Waals surface area contributed by atoms with Crippen LogP contribution < -0.4 is 0 Å².